The van der Waals surface area contributed by atoms with Crippen molar-refractivity contribution in [3.63, 3.8) is 0 Å². The molecule has 0 rings (SSSR count). The fourth-order valence-corrected chi connectivity index (χ4v) is 3.15. The number of hydrogen-bond acceptors (Lipinski definition) is 3. The Kier molecular flexibility index (Phi) is 11.7. The maximum Gasteiger partial charge on any atom is 0.306 e. The highest BCUT2D eigenvalue weighted by molar-refractivity contribution is 5.72. The van der Waals surface area contributed by atoms with Crippen molar-refractivity contribution in [3.05, 3.63) is 0 Å². The monoisotopic (exact) mass is 358 g/mol. The van der Waals surface area contributed by atoms with Crippen molar-refractivity contribution in [2.45, 2.75) is 110 Å². The quantitative estimate of drug-likeness (QED) is 0.358. The van der Waals surface area contributed by atoms with Gasteiger partial charge in [0.25, 0.3) is 0 Å². The zero-order valence-corrected chi connectivity index (χ0v) is 16.4. The van der Waals surface area contributed by atoms with Crippen molar-refractivity contribution >= 4 is 11.9 Å². The fourth-order valence-electron chi connectivity index (χ4n) is 3.15. The van der Waals surface area contributed by atoms with Crippen molar-refractivity contribution in [3.8, 4) is 0 Å². The number of unbranched alkanes of at least 4 members (excludes halogenated alkanes) is 8. The third kappa shape index (κ3) is 16.1. The maximum atomic E-state index is 10.8. The maximum absolute atomic E-state index is 10.8. The number of carbonyl (C=O) groups is 2. The van der Waals surface area contributed by atoms with Gasteiger partial charge < -0.3 is 15.3 Å². The molecule has 0 aromatic carbocycles. The first-order valence-corrected chi connectivity index (χ1v) is 9.70. The van der Waals surface area contributed by atoms with Crippen LogP contribution in [-0.4, -0.2) is 32.9 Å². The van der Waals surface area contributed by atoms with Crippen LogP contribution in [0.25, 0.3) is 0 Å². The van der Waals surface area contributed by atoms with Crippen molar-refractivity contribution in [2.24, 2.45) is 5.41 Å². The van der Waals surface area contributed by atoms with Gasteiger partial charge in [0, 0.05) is 0 Å². The molecule has 0 aliphatic rings. The third-order valence-corrected chi connectivity index (χ3v) is 4.53. The van der Waals surface area contributed by atoms with E-state index < -0.39 is 30.4 Å². The van der Waals surface area contributed by atoms with E-state index in [1.54, 1.807) is 0 Å². The molecule has 0 fully saturated rings. The van der Waals surface area contributed by atoms with Gasteiger partial charge in [-0.3, -0.25) is 9.59 Å². The van der Waals surface area contributed by atoms with Crippen molar-refractivity contribution in [1.82, 2.24) is 0 Å². The molecule has 5 heteroatoms. The van der Waals surface area contributed by atoms with E-state index in [0.717, 1.165) is 19.3 Å². The highest BCUT2D eigenvalue weighted by Gasteiger charge is 2.32. The molecule has 0 aromatic heterocycles. The molecule has 0 spiro atoms. The van der Waals surface area contributed by atoms with Gasteiger partial charge in [-0.2, -0.15) is 0 Å². The summed E-state index contributed by atoms with van der Waals surface area (Å²) in [7, 11) is 0. The molecule has 0 bridgehead atoms. The van der Waals surface area contributed by atoms with Crippen LogP contribution in [0.1, 0.15) is 104 Å². The van der Waals surface area contributed by atoms with Crippen LogP contribution in [0, 0.1) is 5.41 Å². The van der Waals surface area contributed by atoms with E-state index in [-0.39, 0.29) is 6.42 Å². The van der Waals surface area contributed by atoms with Crippen LogP contribution in [0.3, 0.4) is 0 Å². The summed E-state index contributed by atoms with van der Waals surface area (Å²) in [5.74, 6) is -2.31. The van der Waals surface area contributed by atoms with Gasteiger partial charge in [0.2, 0.25) is 0 Å². The Balaban J connectivity index is 3.66. The number of hydrogen-bond donors (Lipinski definition) is 3. The second-order valence-corrected chi connectivity index (χ2v) is 8.61. The Labute approximate surface area is 152 Å². The van der Waals surface area contributed by atoms with Crippen molar-refractivity contribution < 1.29 is 24.9 Å². The standard InChI is InChI=1S/C20H38O5/c1-19(2,3)13-11-9-7-5-4-6-8-10-12-14-20(25,15-17(21)22)16-18(23)24/h25H,4-16H2,1-3H3,(H,21,22)(H,23,24). The molecule has 0 saturated heterocycles. The SMILES string of the molecule is CC(C)(C)CCCCCCCCCCCC(O)(CC(=O)O)CC(=O)O. The van der Waals surface area contributed by atoms with Gasteiger partial charge in [0.15, 0.2) is 0 Å². The molecule has 5 nitrogen and oxygen atoms in total. The Bertz CT molecular complexity index is 368. The summed E-state index contributed by atoms with van der Waals surface area (Å²) in [6.45, 7) is 6.84. The molecule has 0 atom stereocenters. The molecule has 0 radical (unpaired) electrons. The Hall–Kier alpha value is -1.10. The largest absolute Gasteiger partial charge is 0.481 e. The Morgan fingerprint density at radius 3 is 1.28 bits per heavy atom. The summed E-state index contributed by atoms with van der Waals surface area (Å²) in [6.07, 6.45) is 10.6. The van der Waals surface area contributed by atoms with Gasteiger partial charge in [-0.15, -0.1) is 0 Å². The van der Waals surface area contributed by atoms with Crippen LogP contribution in [-0.2, 0) is 9.59 Å². The Morgan fingerprint density at radius 2 is 0.960 bits per heavy atom. The van der Waals surface area contributed by atoms with Gasteiger partial charge in [0.1, 0.15) is 0 Å². The van der Waals surface area contributed by atoms with Crippen LogP contribution in [0.15, 0.2) is 0 Å². The lowest BCUT2D eigenvalue weighted by atomic mass is 9.89. The summed E-state index contributed by atoms with van der Waals surface area (Å²) < 4.78 is 0. The number of aliphatic hydroxyl groups is 1. The molecule has 25 heavy (non-hydrogen) atoms. The van der Waals surface area contributed by atoms with E-state index in [1.807, 2.05) is 0 Å². The number of aliphatic carboxylic acids is 2. The van der Waals surface area contributed by atoms with E-state index >= 15 is 0 Å². The van der Waals surface area contributed by atoms with Gasteiger partial charge in [-0.1, -0.05) is 78.6 Å². The zero-order valence-electron chi connectivity index (χ0n) is 16.4. The van der Waals surface area contributed by atoms with E-state index in [4.69, 9.17) is 10.2 Å². The smallest absolute Gasteiger partial charge is 0.306 e. The molecule has 0 aromatic rings. The fraction of sp³-hybridized carbons (Fsp3) is 0.900. The lowest BCUT2D eigenvalue weighted by Crippen LogP contribution is -2.34. The molecule has 0 heterocycles. The minimum Gasteiger partial charge on any atom is -0.481 e. The predicted octanol–water partition coefficient (Wildman–Crippen LogP) is 5.00. The lowest BCUT2D eigenvalue weighted by molar-refractivity contribution is -0.149. The van der Waals surface area contributed by atoms with Crippen molar-refractivity contribution in [2.75, 3.05) is 0 Å². The highest BCUT2D eigenvalue weighted by atomic mass is 16.4. The molecule has 0 aliphatic heterocycles. The van der Waals surface area contributed by atoms with E-state index in [0.29, 0.717) is 11.8 Å². The zero-order chi connectivity index (χ0) is 19.3. The van der Waals surface area contributed by atoms with Crippen LogP contribution in [0.4, 0.5) is 0 Å². The first-order valence-electron chi connectivity index (χ1n) is 9.70. The number of carboxylic acid groups (broad SMARTS) is 2. The van der Waals surface area contributed by atoms with Gasteiger partial charge in [0.05, 0.1) is 18.4 Å². The molecule has 0 unspecified atom stereocenters. The predicted molar refractivity (Wildman–Crippen MR) is 99.7 cm³/mol. The molecular weight excluding hydrogens is 320 g/mol. The second-order valence-electron chi connectivity index (χ2n) is 8.61. The first kappa shape index (κ1) is 23.9. The molecule has 0 saturated carbocycles. The highest BCUT2D eigenvalue weighted by Crippen LogP contribution is 2.25. The molecule has 0 aliphatic carbocycles. The summed E-state index contributed by atoms with van der Waals surface area (Å²) >= 11 is 0. The molecular formula is C20H38O5. The topological polar surface area (TPSA) is 94.8 Å². The van der Waals surface area contributed by atoms with Gasteiger partial charge in [-0.25, -0.2) is 0 Å². The van der Waals surface area contributed by atoms with Crippen molar-refractivity contribution in [1.29, 1.82) is 0 Å². The Morgan fingerprint density at radius 1 is 0.640 bits per heavy atom. The number of carboxylic acids is 2. The first-order chi connectivity index (χ1) is 11.5. The minimum absolute atomic E-state index is 0.235. The van der Waals surface area contributed by atoms with Crippen LogP contribution < -0.4 is 0 Å². The van der Waals surface area contributed by atoms with Gasteiger partial charge in [-0.05, 0) is 18.3 Å². The van der Waals surface area contributed by atoms with Crippen LogP contribution >= 0.6 is 0 Å². The average molecular weight is 359 g/mol. The van der Waals surface area contributed by atoms with E-state index in [9.17, 15) is 14.7 Å². The average Bonchev–Trinajstić information content (AvgIpc) is 2.41. The van der Waals surface area contributed by atoms with Crippen LogP contribution in [0.2, 0.25) is 0 Å². The summed E-state index contributed by atoms with van der Waals surface area (Å²) in [4.78, 5) is 21.6. The third-order valence-electron chi connectivity index (χ3n) is 4.53. The van der Waals surface area contributed by atoms with Gasteiger partial charge >= 0.3 is 11.9 Å². The van der Waals surface area contributed by atoms with E-state index in [2.05, 4.69) is 20.8 Å². The normalized spacial score (nSPS) is 12.3. The minimum atomic E-state index is -1.62. The molecule has 0 amide bonds. The summed E-state index contributed by atoms with van der Waals surface area (Å²) in [5.41, 5.74) is -1.19. The summed E-state index contributed by atoms with van der Waals surface area (Å²) in [5, 5.41) is 27.8. The molecule has 3 N–H and O–H groups in total. The summed E-state index contributed by atoms with van der Waals surface area (Å²) in [6, 6.07) is 0. The molecule has 148 valence electrons. The number of rotatable bonds is 15. The van der Waals surface area contributed by atoms with Crippen LogP contribution in [0.5, 0.6) is 0 Å². The second kappa shape index (κ2) is 12.3. The lowest BCUT2D eigenvalue weighted by Gasteiger charge is -2.24. The van der Waals surface area contributed by atoms with E-state index in [1.165, 1.54) is 38.5 Å².